The molecule has 2 heterocycles. The lowest BCUT2D eigenvalue weighted by atomic mass is 9.75. The highest BCUT2D eigenvalue weighted by atomic mass is 32.1. The van der Waals surface area contributed by atoms with Gasteiger partial charge in [0.2, 0.25) is 0 Å². The summed E-state index contributed by atoms with van der Waals surface area (Å²) < 4.78 is 5.40. The Morgan fingerprint density at radius 2 is 2.00 bits per heavy atom. The third-order valence-electron chi connectivity index (χ3n) is 3.98. The van der Waals surface area contributed by atoms with Crippen molar-refractivity contribution in [1.29, 1.82) is 0 Å². The first-order valence-electron chi connectivity index (χ1n) is 7.00. The predicted molar refractivity (Wildman–Crippen MR) is 81.7 cm³/mol. The van der Waals surface area contributed by atoms with Crippen molar-refractivity contribution in [3.63, 3.8) is 0 Å². The summed E-state index contributed by atoms with van der Waals surface area (Å²) in [5, 5.41) is 1.09. The van der Waals surface area contributed by atoms with E-state index in [9.17, 15) is 4.79 Å². The van der Waals surface area contributed by atoms with Gasteiger partial charge in [0.05, 0.1) is 23.7 Å². The van der Waals surface area contributed by atoms with Gasteiger partial charge in [0.1, 0.15) is 5.00 Å². The molecule has 0 atom stereocenters. The van der Waals surface area contributed by atoms with Gasteiger partial charge in [0.25, 0.3) is 0 Å². The van der Waals surface area contributed by atoms with E-state index in [1.165, 1.54) is 0 Å². The monoisotopic (exact) mass is 289 g/mol. The van der Waals surface area contributed by atoms with Crippen LogP contribution < -0.4 is 4.90 Å². The number of morpholine rings is 1. The Bertz CT molecular complexity index is 588. The summed E-state index contributed by atoms with van der Waals surface area (Å²) in [7, 11) is 0. The molecule has 2 aliphatic rings. The molecule has 0 radical (unpaired) electrons. The van der Waals surface area contributed by atoms with E-state index in [-0.39, 0.29) is 11.2 Å². The van der Waals surface area contributed by atoms with E-state index in [2.05, 4.69) is 24.7 Å². The van der Waals surface area contributed by atoms with Crippen LogP contribution >= 0.6 is 11.3 Å². The van der Waals surface area contributed by atoms with Crippen molar-refractivity contribution in [3.05, 3.63) is 16.0 Å². The summed E-state index contributed by atoms with van der Waals surface area (Å²) in [4.78, 5) is 15.5. The SMILES string of the molecule is C#Cc1c(N2CCOCC2)sc2c1CC(C)(C)CC2=O. The molecular weight excluding hydrogens is 270 g/mol. The lowest BCUT2D eigenvalue weighted by molar-refractivity contribution is 0.0917. The van der Waals surface area contributed by atoms with Crippen LogP contribution in [0.15, 0.2) is 0 Å². The van der Waals surface area contributed by atoms with Crippen molar-refractivity contribution in [3.8, 4) is 12.3 Å². The van der Waals surface area contributed by atoms with Crippen LogP contribution in [0.1, 0.15) is 41.1 Å². The van der Waals surface area contributed by atoms with Crippen LogP contribution in [0, 0.1) is 17.8 Å². The third-order valence-corrected chi connectivity index (χ3v) is 5.31. The number of anilines is 1. The highest BCUT2D eigenvalue weighted by Gasteiger charge is 2.36. The Morgan fingerprint density at radius 3 is 2.65 bits per heavy atom. The summed E-state index contributed by atoms with van der Waals surface area (Å²) in [5.41, 5.74) is 2.05. The Kier molecular flexibility index (Phi) is 3.35. The average molecular weight is 289 g/mol. The largest absolute Gasteiger partial charge is 0.378 e. The molecule has 1 aliphatic heterocycles. The minimum Gasteiger partial charge on any atom is -0.378 e. The number of ether oxygens (including phenoxy) is 1. The summed E-state index contributed by atoms with van der Waals surface area (Å²) in [6, 6.07) is 0. The molecule has 0 spiro atoms. The molecule has 0 amide bonds. The smallest absolute Gasteiger partial charge is 0.173 e. The van der Waals surface area contributed by atoms with Crippen LogP contribution in [-0.2, 0) is 11.2 Å². The quantitative estimate of drug-likeness (QED) is 0.745. The van der Waals surface area contributed by atoms with Crippen LogP contribution in [0.2, 0.25) is 0 Å². The van der Waals surface area contributed by atoms with E-state index in [1.54, 1.807) is 11.3 Å². The maximum absolute atomic E-state index is 12.4. The Hall–Kier alpha value is -1.31. The normalized spacial score (nSPS) is 21.4. The highest BCUT2D eigenvalue weighted by Crippen LogP contribution is 2.44. The molecule has 0 N–H and O–H groups in total. The lowest BCUT2D eigenvalue weighted by Crippen LogP contribution is -2.36. The van der Waals surface area contributed by atoms with Crippen LogP contribution in [0.5, 0.6) is 0 Å². The summed E-state index contributed by atoms with van der Waals surface area (Å²) >= 11 is 1.58. The van der Waals surface area contributed by atoms with Gasteiger partial charge in [-0.15, -0.1) is 17.8 Å². The van der Waals surface area contributed by atoms with Gasteiger partial charge in [0.15, 0.2) is 5.78 Å². The first kappa shape index (κ1) is 13.7. The Morgan fingerprint density at radius 1 is 1.30 bits per heavy atom. The molecule has 20 heavy (non-hydrogen) atoms. The highest BCUT2D eigenvalue weighted by molar-refractivity contribution is 7.18. The molecule has 1 fully saturated rings. The van der Waals surface area contributed by atoms with Crippen LogP contribution in [0.25, 0.3) is 0 Å². The number of thiophene rings is 1. The zero-order valence-electron chi connectivity index (χ0n) is 12.0. The van der Waals surface area contributed by atoms with Crippen molar-refractivity contribution in [2.24, 2.45) is 5.41 Å². The van der Waals surface area contributed by atoms with Gasteiger partial charge in [-0.05, 0) is 17.4 Å². The molecule has 1 saturated heterocycles. The van der Waals surface area contributed by atoms with Gasteiger partial charge in [-0.2, -0.15) is 0 Å². The molecule has 1 aliphatic carbocycles. The van der Waals surface area contributed by atoms with Gasteiger partial charge >= 0.3 is 0 Å². The van der Waals surface area contributed by atoms with Crippen molar-refractivity contribution < 1.29 is 9.53 Å². The maximum atomic E-state index is 12.4. The third kappa shape index (κ3) is 2.25. The molecule has 0 unspecified atom stereocenters. The second-order valence-corrected chi connectivity index (χ2v) is 7.27. The number of Topliss-reactive ketones (excluding diaryl/α,β-unsaturated/α-hetero) is 1. The zero-order chi connectivity index (χ0) is 14.3. The minimum atomic E-state index is 0.0129. The molecule has 0 bridgehead atoms. The fraction of sp³-hybridized carbons (Fsp3) is 0.562. The summed E-state index contributed by atoms with van der Waals surface area (Å²) in [6.45, 7) is 7.44. The van der Waals surface area contributed by atoms with Crippen molar-refractivity contribution in [2.45, 2.75) is 26.7 Å². The van der Waals surface area contributed by atoms with E-state index >= 15 is 0 Å². The fourth-order valence-electron chi connectivity index (χ4n) is 3.04. The molecule has 3 rings (SSSR count). The molecule has 4 heteroatoms. The van der Waals surface area contributed by atoms with Crippen LogP contribution in [0.4, 0.5) is 5.00 Å². The molecule has 106 valence electrons. The first-order valence-corrected chi connectivity index (χ1v) is 7.82. The predicted octanol–water partition coefficient (Wildman–Crippen LogP) is 2.72. The fourth-order valence-corrected chi connectivity index (χ4v) is 4.31. The van der Waals surface area contributed by atoms with E-state index < -0.39 is 0 Å². The maximum Gasteiger partial charge on any atom is 0.173 e. The number of ketones is 1. The summed E-state index contributed by atoms with van der Waals surface area (Å²) in [6.07, 6.45) is 7.26. The zero-order valence-corrected chi connectivity index (χ0v) is 12.8. The molecule has 3 nitrogen and oxygen atoms in total. The molecule has 1 aromatic rings. The van der Waals surface area contributed by atoms with E-state index in [1.807, 2.05) is 0 Å². The average Bonchev–Trinajstić information content (AvgIpc) is 2.77. The van der Waals surface area contributed by atoms with Crippen molar-refractivity contribution >= 4 is 22.1 Å². The van der Waals surface area contributed by atoms with Crippen LogP contribution in [-0.4, -0.2) is 32.1 Å². The van der Waals surface area contributed by atoms with Gasteiger partial charge in [-0.1, -0.05) is 19.8 Å². The van der Waals surface area contributed by atoms with Gasteiger partial charge < -0.3 is 9.64 Å². The number of rotatable bonds is 1. The first-order chi connectivity index (χ1) is 9.52. The summed E-state index contributed by atoms with van der Waals surface area (Å²) in [5.74, 6) is 3.08. The van der Waals surface area contributed by atoms with E-state index in [0.29, 0.717) is 6.42 Å². The van der Waals surface area contributed by atoms with Gasteiger partial charge in [0, 0.05) is 19.5 Å². The molecule has 0 saturated carbocycles. The number of fused-ring (bicyclic) bond motifs is 1. The number of carbonyl (C=O) groups is 1. The molecule has 1 aromatic heterocycles. The number of terminal acetylenes is 1. The van der Waals surface area contributed by atoms with Gasteiger partial charge in [-0.3, -0.25) is 4.79 Å². The molecule has 0 aromatic carbocycles. The van der Waals surface area contributed by atoms with E-state index in [0.717, 1.165) is 53.7 Å². The molecular formula is C16H19NO2S. The Balaban J connectivity index is 2.06. The topological polar surface area (TPSA) is 29.5 Å². The second-order valence-electron chi connectivity index (χ2n) is 6.27. The number of nitrogens with zero attached hydrogens (tertiary/aromatic N) is 1. The number of carbonyl (C=O) groups excluding carboxylic acids is 1. The van der Waals surface area contributed by atoms with Crippen LogP contribution in [0.3, 0.4) is 0 Å². The number of hydrogen-bond donors (Lipinski definition) is 0. The minimum absolute atomic E-state index is 0.0129. The second kappa shape index (κ2) is 4.91. The number of hydrogen-bond acceptors (Lipinski definition) is 4. The van der Waals surface area contributed by atoms with Crippen molar-refractivity contribution in [1.82, 2.24) is 0 Å². The standard InChI is InChI=1S/C16H19NO2S/c1-4-11-12-9-16(2,3)10-13(18)14(12)20-15(11)17-5-7-19-8-6-17/h1H,5-10H2,2-3H3. The lowest BCUT2D eigenvalue weighted by Gasteiger charge is -2.29. The van der Waals surface area contributed by atoms with Gasteiger partial charge in [-0.25, -0.2) is 0 Å². The Labute approximate surface area is 123 Å². The van der Waals surface area contributed by atoms with E-state index in [4.69, 9.17) is 11.2 Å². The van der Waals surface area contributed by atoms with Crippen molar-refractivity contribution in [2.75, 3.05) is 31.2 Å².